The Bertz CT molecular complexity index is 1110. The molecule has 2 aliphatic rings. The number of piperidine rings is 2. The molecule has 37 heavy (non-hydrogen) atoms. The van der Waals surface area contributed by atoms with Crippen LogP contribution in [0.25, 0.3) is 0 Å². The smallest absolute Gasteiger partial charge is 0.318 e. The highest BCUT2D eigenvalue weighted by molar-refractivity contribution is 5.75. The third kappa shape index (κ3) is 6.02. The lowest BCUT2D eigenvalue weighted by atomic mass is 9.72. The number of carbonyl (C=O) groups is 1. The Morgan fingerprint density at radius 1 is 0.757 bits per heavy atom. The highest BCUT2D eigenvalue weighted by Crippen LogP contribution is 2.37. The first-order valence-electron chi connectivity index (χ1n) is 13.4. The highest BCUT2D eigenvalue weighted by Gasteiger charge is 2.39. The van der Waals surface area contributed by atoms with E-state index in [0.717, 1.165) is 43.6 Å². The van der Waals surface area contributed by atoms with Gasteiger partial charge in [0.1, 0.15) is 11.6 Å². The third-order valence-corrected chi connectivity index (χ3v) is 8.04. The molecule has 2 fully saturated rings. The topological polar surface area (TPSA) is 35.6 Å². The van der Waals surface area contributed by atoms with Crippen LogP contribution in [0.5, 0.6) is 0 Å². The van der Waals surface area contributed by atoms with E-state index in [1.54, 1.807) is 24.3 Å². The Morgan fingerprint density at radius 3 is 1.84 bits per heavy atom. The molecule has 0 radical (unpaired) electrons. The molecule has 0 saturated carbocycles. The van der Waals surface area contributed by atoms with Crippen LogP contribution >= 0.6 is 0 Å². The SMILES string of the molecule is O=C(NC(c1ccc(F)cc1)c1ccc(F)cc1)N1CCC(CN2CCCCC2)(c2ccccc2)CC1. The number of hydrogen-bond acceptors (Lipinski definition) is 2. The van der Waals surface area contributed by atoms with E-state index >= 15 is 0 Å². The third-order valence-electron chi connectivity index (χ3n) is 8.04. The van der Waals surface area contributed by atoms with E-state index in [0.29, 0.717) is 13.1 Å². The van der Waals surface area contributed by atoms with Gasteiger partial charge in [0.05, 0.1) is 6.04 Å². The Morgan fingerprint density at radius 2 is 1.30 bits per heavy atom. The summed E-state index contributed by atoms with van der Waals surface area (Å²) < 4.78 is 27.2. The van der Waals surface area contributed by atoms with Crippen LogP contribution in [-0.2, 0) is 5.41 Å². The number of amides is 2. The maximum atomic E-state index is 13.6. The number of nitrogens with one attached hydrogen (secondary N) is 1. The fourth-order valence-electron chi connectivity index (χ4n) is 5.90. The molecule has 0 unspecified atom stereocenters. The van der Waals surface area contributed by atoms with Gasteiger partial charge in [-0.05, 0) is 79.7 Å². The van der Waals surface area contributed by atoms with Crippen molar-refractivity contribution < 1.29 is 13.6 Å². The van der Waals surface area contributed by atoms with Crippen molar-refractivity contribution in [2.45, 2.75) is 43.6 Å². The zero-order valence-corrected chi connectivity index (χ0v) is 21.2. The Balaban J connectivity index is 1.32. The molecule has 4 nitrogen and oxygen atoms in total. The second-order valence-electron chi connectivity index (χ2n) is 10.5. The van der Waals surface area contributed by atoms with E-state index in [1.165, 1.54) is 49.1 Å². The predicted molar refractivity (Wildman–Crippen MR) is 142 cm³/mol. The summed E-state index contributed by atoms with van der Waals surface area (Å²) in [5.41, 5.74) is 2.89. The second-order valence-corrected chi connectivity index (χ2v) is 10.5. The molecule has 5 rings (SSSR count). The maximum absolute atomic E-state index is 13.6. The number of nitrogens with zero attached hydrogens (tertiary/aromatic N) is 2. The minimum absolute atomic E-state index is 0.0305. The molecular weight excluding hydrogens is 468 g/mol. The molecule has 2 aliphatic heterocycles. The van der Waals surface area contributed by atoms with Crippen molar-refractivity contribution in [3.8, 4) is 0 Å². The minimum Gasteiger partial charge on any atom is -0.327 e. The average Bonchev–Trinajstić information content (AvgIpc) is 2.94. The molecule has 2 saturated heterocycles. The predicted octanol–water partition coefficient (Wildman–Crippen LogP) is 6.28. The lowest BCUT2D eigenvalue weighted by Gasteiger charge is -2.45. The molecule has 2 heterocycles. The van der Waals surface area contributed by atoms with E-state index < -0.39 is 6.04 Å². The van der Waals surface area contributed by atoms with Gasteiger partial charge in [0.15, 0.2) is 0 Å². The Labute approximate surface area is 218 Å². The summed E-state index contributed by atoms with van der Waals surface area (Å²) in [5, 5.41) is 3.14. The second kappa shape index (κ2) is 11.4. The van der Waals surface area contributed by atoms with Crippen molar-refractivity contribution in [2.75, 3.05) is 32.7 Å². The van der Waals surface area contributed by atoms with E-state index in [-0.39, 0.29) is 23.1 Å². The van der Waals surface area contributed by atoms with Crippen molar-refractivity contribution in [2.24, 2.45) is 0 Å². The number of halogens is 2. The molecular formula is C31H35F2N3O. The molecule has 0 spiro atoms. The first-order valence-corrected chi connectivity index (χ1v) is 13.4. The fourth-order valence-corrected chi connectivity index (χ4v) is 5.90. The van der Waals surface area contributed by atoms with Gasteiger partial charge in [-0.2, -0.15) is 0 Å². The summed E-state index contributed by atoms with van der Waals surface area (Å²) in [6, 6.07) is 22.3. The van der Waals surface area contributed by atoms with Gasteiger partial charge >= 0.3 is 6.03 Å². The minimum atomic E-state index is -0.497. The van der Waals surface area contributed by atoms with Crippen LogP contribution in [0, 0.1) is 11.6 Å². The lowest BCUT2D eigenvalue weighted by Crippen LogP contribution is -2.53. The standard InChI is InChI=1S/C31H35F2N3O/c32-27-13-9-24(10-14-27)29(25-11-15-28(33)16-12-25)34-30(37)36-21-17-31(18-22-36,26-7-3-1-4-8-26)23-35-19-5-2-6-20-35/h1,3-4,7-16,29H,2,5-6,17-23H2,(H,34,37). The van der Waals surface area contributed by atoms with Gasteiger partial charge in [-0.3, -0.25) is 0 Å². The molecule has 0 atom stereocenters. The molecule has 6 heteroatoms. The number of likely N-dealkylation sites (tertiary alicyclic amines) is 2. The summed E-state index contributed by atoms with van der Waals surface area (Å²) in [7, 11) is 0. The summed E-state index contributed by atoms with van der Waals surface area (Å²) in [6.07, 6.45) is 5.63. The first kappa shape index (κ1) is 25.4. The van der Waals surface area contributed by atoms with E-state index in [9.17, 15) is 13.6 Å². The summed E-state index contributed by atoms with van der Waals surface area (Å²) in [6.45, 7) is 4.65. The van der Waals surface area contributed by atoms with Crippen LogP contribution in [0.2, 0.25) is 0 Å². The van der Waals surface area contributed by atoms with Crippen LogP contribution in [0.4, 0.5) is 13.6 Å². The van der Waals surface area contributed by atoms with Gasteiger partial charge in [-0.1, -0.05) is 61.0 Å². The monoisotopic (exact) mass is 503 g/mol. The molecule has 0 aromatic heterocycles. The van der Waals surface area contributed by atoms with Crippen LogP contribution in [0.3, 0.4) is 0 Å². The zero-order valence-electron chi connectivity index (χ0n) is 21.2. The molecule has 2 amide bonds. The highest BCUT2D eigenvalue weighted by atomic mass is 19.1. The largest absolute Gasteiger partial charge is 0.327 e. The number of rotatable bonds is 6. The van der Waals surface area contributed by atoms with Gasteiger partial charge < -0.3 is 15.1 Å². The first-order chi connectivity index (χ1) is 18.0. The van der Waals surface area contributed by atoms with Gasteiger partial charge in [0.2, 0.25) is 0 Å². The van der Waals surface area contributed by atoms with E-state index in [1.807, 2.05) is 4.90 Å². The zero-order chi connectivity index (χ0) is 25.7. The fraction of sp³-hybridized carbons (Fsp3) is 0.387. The molecule has 194 valence electrons. The van der Waals surface area contributed by atoms with Crippen LogP contribution in [-0.4, -0.2) is 48.6 Å². The van der Waals surface area contributed by atoms with Crippen molar-refractivity contribution >= 4 is 6.03 Å². The summed E-state index contributed by atoms with van der Waals surface area (Å²) in [5.74, 6) is -0.676. The van der Waals surface area contributed by atoms with Crippen molar-refractivity contribution in [1.29, 1.82) is 0 Å². The summed E-state index contributed by atoms with van der Waals surface area (Å²) in [4.78, 5) is 18.0. The number of carbonyl (C=O) groups excluding carboxylic acids is 1. The molecule has 0 aliphatic carbocycles. The number of benzene rings is 3. The number of hydrogen-bond donors (Lipinski definition) is 1. The maximum Gasteiger partial charge on any atom is 0.318 e. The average molecular weight is 504 g/mol. The lowest BCUT2D eigenvalue weighted by molar-refractivity contribution is 0.113. The van der Waals surface area contributed by atoms with E-state index in [2.05, 4.69) is 40.5 Å². The van der Waals surface area contributed by atoms with Crippen molar-refractivity contribution in [3.05, 3.63) is 107 Å². The molecule has 3 aromatic carbocycles. The van der Waals surface area contributed by atoms with Gasteiger partial charge in [-0.15, -0.1) is 0 Å². The van der Waals surface area contributed by atoms with E-state index in [4.69, 9.17) is 0 Å². The van der Waals surface area contributed by atoms with Crippen LogP contribution < -0.4 is 5.32 Å². The molecule has 1 N–H and O–H groups in total. The quantitative estimate of drug-likeness (QED) is 0.430. The van der Waals surface area contributed by atoms with Gasteiger partial charge in [-0.25, -0.2) is 13.6 Å². The number of urea groups is 1. The van der Waals surface area contributed by atoms with Gasteiger partial charge in [0, 0.05) is 25.0 Å². The van der Waals surface area contributed by atoms with Gasteiger partial charge in [0.25, 0.3) is 0 Å². The molecule has 0 bridgehead atoms. The van der Waals surface area contributed by atoms with Crippen molar-refractivity contribution in [1.82, 2.24) is 15.1 Å². The normalized spacial score (nSPS) is 18.1. The Kier molecular flexibility index (Phi) is 7.85. The summed E-state index contributed by atoms with van der Waals surface area (Å²) >= 11 is 0. The van der Waals surface area contributed by atoms with Crippen LogP contribution in [0.15, 0.2) is 78.9 Å². The van der Waals surface area contributed by atoms with Crippen molar-refractivity contribution in [3.63, 3.8) is 0 Å². The van der Waals surface area contributed by atoms with Crippen LogP contribution in [0.1, 0.15) is 54.8 Å². The molecule has 3 aromatic rings. The Hall–Kier alpha value is -3.25.